The number of carbonyl (C=O) groups excluding carboxylic acids is 1. The Balaban J connectivity index is 1.38. The molecule has 0 atom stereocenters. The van der Waals surface area contributed by atoms with Gasteiger partial charge in [-0.25, -0.2) is 5.43 Å². The lowest BCUT2D eigenvalue weighted by Crippen LogP contribution is -2.40. The van der Waals surface area contributed by atoms with Crippen LogP contribution in [0.2, 0.25) is 5.02 Å². The molecule has 0 bridgehead atoms. The average molecular weight is 454 g/mol. The summed E-state index contributed by atoms with van der Waals surface area (Å²) >= 11 is 5.79. The second-order valence-electron chi connectivity index (χ2n) is 7.28. The zero-order chi connectivity index (χ0) is 22.3. The molecule has 1 aliphatic rings. The predicted molar refractivity (Wildman–Crippen MR) is 114 cm³/mol. The third-order valence-corrected chi connectivity index (χ3v) is 5.34. The highest BCUT2D eigenvalue weighted by Crippen LogP contribution is 2.33. The number of hydrazone groups is 1. The smallest absolute Gasteiger partial charge is 0.391 e. The summed E-state index contributed by atoms with van der Waals surface area (Å²) in [5, 5.41) is 4.48. The molecule has 1 heterocycles. The Labute approximate surface area is 183 Å². The van der Waals surface area contributed by atoms with Gasteiger partial charge in [0.15, 0.2) is 0 Å². The fourth-order valence-electron chi connectivity index (χ4n) is 3.26. The number of ether oxygens (including phenoxy) is 1. The second-order valence-corrected chi connectivity index (χ2v) is 7.72. The molecule has 0 spiro atoms. The number of alkyl halides is 3. The van der Waals surface area contributed by atoms with Crippen LogP contribution in [0.4, 0.5) is 13.2 Å². The van der Waals surface area contributed by atoms with Crippen LogP contribution >= 0.6 is 11.6 Å². The summed E-state index contributed by atoms with van der Waals surface area (Å²) in [5.41, 5.74) is 3.67. The van der Waals surface area contributed by atoms with Crippen molar-refractivity contribution >= 4 is 23.7 Å². The second kappa shape index (κ2) is 10.6. The third kappa shape index (κ3) is 7.25. The highest BCUT2D eigenvalue weighted by Gasteiger charge is 2.40. The molecule has 1 aliphatic heterocycles. The molecule has 166 valence electrons. The molecule has 9 heteroatoms. The minimum absolute atomic E-state index is 0.145. The largest absolute Gasteiger partial charge is 0.492 e. The van der Waals surface area contributed by atoms with Crippen LogP contribution in [0.5, 0.6) is 5.75 Å². The molecule has 2 aromatic rings. The quantitative estimate of drug-likeness (QED) is 0.486. The van der Waals surface area contributed by atoms with E-state index < -0.39 is 12.1 Å². The van der Waals surface area contributed by atoms with Gasteiger partial charge in [0, 0.05) is 17.1 Å². The van der Waals surface area contributed by atoms with Crippen LogP contribution in [0, 0.1) is 5.92 Å². The van der Waals surface area contributed by atoms with E-state index in [4.69, 9.17) is 16.3 Å². The molecule has 0 radical (unpaired) electrons. The van der Waals surface area contributed by atoms with Crippen molar-refractivity contribution in [3.05, 3.63) is 64.7 Å². The highest BCUT2D eigenvalue weighted by atomic mass is 35.5. The lowest BCUT2D eigenvalue weighted by molar-refractivity contribution is -0.185. The van der Waals surface area contributed by atoms with Crippen LogP contribution in [0.15, 0.2) is 53.6 Å². The Kier molecular flexibility index (Phi) is 7.92. The van der Waals surface area contributed by atoms with Crippen molar-refractivity contribution in [3.8, 4) is 5.75 Å². The number of hydrogen-bond donors (Lipinski definition) is 1. The van der Waals surface area contributed by atoms with E-state index in [1.807, 2.05) is 4.90 Å². The fourth-order valence-corrected chi connectivity index (χ4v) is 3.38. The number of amides is 1. The topological polar surface area (TPSA) is 53.9 Å². The number of benzene rings is 2. The van der Waals surface area contributed by atoms with Gasteiger partial charge in [-0.1, -0.05) is 11.6 Å². The maximum absolute atomic E-state index is 12.7. The number of hydrogen-bond acceptors (Lipinski definition) is 4. The zero-order valence-corrected chi connectivity index (χ0v) is 17.5. The van der Waals surface area contributed by atoms with Crippen molar-refractivity contribution in [2.45, 2.75) is 19.0 Å². The van der Waals surface area contributed by atoms with Crippen LogP contribution in [0.1, 0.15) is 28.8 Å². The molecular weight excluding hydrogens is 431 g/mol. The van der Waals surface area contributed by atoms with Crippen molar-refractivity contribution in [2.75, 3.05) is 26.2 Å². The van der Waals surface area contributed by atoms with Crippen LogP contribution in [0.3, 0.4) is 0 Å². The average Bonchev–Trinajstić information content (AvgIpc) is 2.75. The Hall–Kier alpha value is -2.58. The van der Waals surface area contributed by atoms with E-state index in [0.717, 1.165) is 5.56 Å². The number of nitrogens with one attached hydrogen (secondary N) is 1. The van der Waals surface area contributed by atoms with E-state index in [1.54, 1.807) is 48.5 Å². The van der Waals surface area contributed by atoms with E-state index >= 15 is 0 Å². The van der Waals surface area contributed by atoms with Gasteiger partial charge in [0.2, 0.25) is 0 Å². The molecule has 2 aromatic carbocycles. The lowest BCUT2D eigenvalue weighted by Gasteiger charge is -2.32. The van der Waals surface area contributed by atoms with Gasteiger partial charge in [-0.15, -0.1) is 0 Å². The maximum Gasteiger partial charge on any atom is 0.391 e. The molecule has 1 N–H and O–H groups in total. The van der Waals surface area contributed by atoms with Gasteiger partial charge in [-0.3, -0.25) is 9.69 Å². The predicted octanol–water partition coefficient (Wildman–Crippen LogP) is 4.76. The summed E-state index contributed by atoms with van der Waals surface area (Å²) in [6, 6.07) is 13.6. The van der Waals surface area contributed by atoms with E-state index in [2.05, 4.69) is 10.5 Å². The maximum atomic E-state index is 12.7. The molecule has 1 amide bonds. The summed E-state index contributed by atoms with van der Waals surface area (Å²) in [4.78, 5) is 14.0. The monoisotopic (exact) mass is 453 g/mol. The highest BCUT2D eigenvalue weighted by molar-refractivity contribution is 6.30. The van der Waals surface area contributed by atoms with Gasteiger partial charge in [0.25, 0.3) is 5.91 Å². The first kappa shape index (κ1) is 23.1. The molecule has 0 unspecified atom stereocenters. The van der Waals surface area contributed by atoms with Crippen molar-refractivity contribution in [1.82, 2.24) is 10.3 Å². The van der Waals surface area contributed by atoms with Gasteiger partial charge in [-0.2, -0.15) is 18.3 Å². The van der Waals surface area contributed by atoms with Gasteiger partial charge in [0.1, 0.15) is 12.4 Å². The number of nitrogens with zero attached hydrogens (tertiary/aromatic N) is 2. The minimum atomic E-state index is -4.09. The lowest BCUT2D eigenvalue weighted by atomic mass is 9.96. The van der Waals surface area contributed by atoms with E-state index in [9.17, 15) is 18.0 Å². The summed E-state index contributed by atoms with van der Waals surface area (Å²) in [6.45, 7) is 1.86. The normalized spacial score (nSPS) is 15.9. The van der Waals surface area contributed by atoms with Crippen molar-refractivity contribution in [1.29, 1.82) is 0 Å². The zero-order valence-electron chi connectivity index (χ0n) is 16.7. The Morgan fingerprint density at radius 1 is 1.13 bits per heavy atom. The van der Waals surface area contributed by atoms with Gasteiger partial charge in [0.05, 0.1) is 12.1 Å². The minimum Gasteiger partial charge on any atom is -0.492 e. The summed E-state index contributed by atoms with van der Waals surface area (Å²) in [7, 11) is 0. The molecule has 3 rings (SSSR count). The number of halogens is 4. The number of piperidine rings is 1. The van der Waals surface area contributed by atoms with E-state index in [-0.39, 0.29) is 18.7 Å². The van der Waals surface area contributed by atoms with Crippen molar-refractivity contribution in [3.63, 3.8) is 0 Å². The molecule has 1 fully saturated rings. The SMILES string of the molecule is O=C(N/N=C\c1ccc(OCCN2CCC(C(F)(F)F)CC2)cc1)c1ccc(Cl)cc1. The summed E-state index contributed by atoms with van der Waals surface area (Å²) < 4.78 is 43.8. The Morgan fingerprint density at radius 3 is 2.39 bits per heavy atom. The molecule has 0 aliphatic carbocycles. The molecular formula is C22H23ClF3N3O2. The van der Waals surface area contributed by atoms with Gasteiger partial charge < -0.3 is 4.74 Å². The molecule has 31 heavy (non-hydrogen) atoms. The molecule has 5 nitrogen and oxygen atoms in total. The Bertz CT molecular complexity index is 878. The number of rotatable bonds is 7. The molecule has 1 saturated heterocycles. The van der Waals surface area contributed by atoms with Crippen molar-refractivity contribution < 1.29 is 22.7 Å². The first-order valence-corrected chi connectivity index (χ1v) is 10.3. The standard InChI is InChI=1S/C22H23ClF3N3O2/c23-19-5-3-17(4-6-19)21(30)28-27-15-16-1-7-20(8-2-16)31-14-13-29-11-9-18(10-12-29)22(24,25)26/h1-8,15,18H,9-14H2,(H,28,30)/b27-15-. The Morgan fingerprint density at radius 2 is 1.77 bits per heavy atom. The van der Waals surface area contributed by atoms with Crippen molar-refractivity contribution in [2.24, 2.45) is 11.0 Å². The first-order chi connectivity index (χ1) is 14.8. The summed E-state index contributed by atoms with van der Waals surface area (Å²) in [5.74, 6) is -0.866. The van der Waals surface area contributed by atoms with Crippen LogP contribution in [-0.2, 0) is 0 Å². The third-order valence-electron chi connectivity index (χ3n) is 5.09. The molecule has 0 aromatic heterocycles. The van der Waals surface area contributed by atoms with E-state index in [1.165, 1.54) is 6.21 Å². The summed E-state index contributed by atoms with van der Waals surface area (Å²) in [6.07, 6.45) is -2.28. The number of carbonyl (C=O) groups is 1. The first-order valence-electron chi connectivity index (χ1n) is 9.92. The van der Waals surface area contributed by atoms with Gasteiger partial charge in [-0.05, 0) is 80.0 Å². The number of likely N-dealkylation sites (tertiary alicyclic amines) is 1. The van der Waals surface area contributed by atoms with Gasteiger partial charge >= 0.3 is 6.18 Å². The fraction of sp³-hybridized carbons (Fsp3) is 0.364. The van der Waals surface area contributed by atoms with Crippen LogP contribution in [-0.4, -0.2) is 49.4 Å². The molecule has 0 saturated carbocycles. The van der Waals surface area contributed by atoms with Crippen LogP contribution in [0.25, 0.3) is 0 Å². The van der Waals surface area contributed by atoms with Crippen LogP contribution < -0.4 is 10.2 Å². The van der Waals surface area contributed by atoms with E-state index in [0.29, 0.717) is 42.6 Å².